The summed E-state index contributed by atoms with van der Waals surface area (Å²) in [5.41, 5.74) is 1.28. The number of hydrogen-bond acceptors (Lipinski definition) is 3. The second-order valence-electron chi connectivity index (χ2n) is 4.70. The van der Waals surface area contributed by atoms with Gasteiger partial charge in [0.25, 0.3) is 0 Å². The Morgan fingerprint density at radius 2 is 1.83 bits per heavy atom. The molecule has 1 aromatic carbocycles. The van der Waals surface area contributed by atoms with Crippen molar-refractivity contribution in [2.75, 3.05) is 26.9 Å². The molecule has 0 aliphatic heterocycles. The Kier molecular flexibility index (Phi) is 7.46. The van der Waals surface area contributed by atoms with Crippen LogP contribution in [0.4, 0.5) is 0 Å². The monoisotopic (exact) mass is 251 g/mol. The van der Waals surface area contributed by atoms with Gasteiger partial charge >= 0.3 is 0 Å². The van der Waals surface area contributed by atoms with Crippen LogP contribution in [-0.2, 0) is 11.2 Å². The Morgan fingerprint density at radius 3 is 2.44 bits per heavy atom. The van der Waals surface area contributed by atoms with Crippen molar-refractivity contribution in [1.29, 1.82) is 0 Å². The number of methoxy groups -OCH3 is 1. The molecule has 3 nitrogen and oxygen atoms in total. The number of ether oxygens (including phenoxy) is 2. The van der Waals surface area contributed by atoms with E-state index in [9.17, 15) is 0 Å². The maximum absolute atomic E-state index is 5.68. The van der Waals surface area contributed by atoms with Crippen molar-refractivity contribution >= 4 is 0 Å². The predicted octanol–water partition coefficient (Wildman–Crippen LogP) is 2.64. The topological polar surface area (TPSA) is 30.5 Å². The molecule has 0 aliphatic rings. The van der Waals surface area contributed by atoms with Crippen molar-refractivity contribution in [3.8, 4) is 5.75 Å². The highest BCUT2D eigenvalue weighted by Crippen LogP contribution is 2.12. The first-order valence-corrected chi connectivity index (χ1v) is 6.66. The van der Waals surface area contributed by atoms with E-state index in [1.807, 2.05) is 12.1 Å². The SMILES string of the molecule is COCCc1ccc(OCCCNC(C)C)cc1. The lowest BCUT2D eigenvalue weighted by Crippen LogP contribution is -2.24. The molecule has 0 amide bonds. The van der Waals surface area contributed by atoms with Gasteiger partial charge in [-0.3, -0.25) is 0 Å². The van der Waals surface area contributed by atoms with E-state index in [0.717, 1.165) is 38.3 Å². The molecule has 1 aromatic rings. The fraction of sp³-hybridized carbons (Fsp3) is 0.600. The van der Waals surface area contributed by atoms with E-state index in [0.29, 0.717) is 6.04 Å². The first-order chi connectivity index (χ1) is 8.72. The van der Waals surface area contributed by atoms with Crippen molar-refractivity contribution in [3.63, 3.8) is 0 Å². The van der Waals surface area contributed by atoms with Crippen LogP contribution in [0.1, 0.15) is 25.8 Å². The van der Waals surface area contributed by atoms with Crippen molar-refractivity contribution in [2.24, 2.45) is 0 Å². The summed E-state index contributed by atoms with van der Waals surface area (Å²) in [4.78, 5) is 0. The van der Waals surface area contributed by atoms with Crippen LogP contribution in [0.3, 0.4) is 0 Å². The van der Waals surface area contributed by atoms with Gasteiger partial charge in [-0.05, 0) is 37.1 Å². The molecule has 0 unspecified atom stereocenters. The highest BCUT2D eigenvalue weighted by atomic mass is 16.5. The first kappa shape index (κ1) is 15.0. The van der Waals surface area contributed by atoms with Crippen LogP contribution in [0.5, 0.6) is 5.75 Å². The van der Waals surface area contributed by atoms with Crippen LogP contribution in [-0.4, -0.2) is 32.9 Å². The first-order valence-electron chi connectivity index (χ1n) is 6.66. The predicted molar refractivity (Wildman–Crippen MR) is 75.3 cm³/mol. The molecule has 0 aliphatic carbocycles. The molecule has 102 valence electrons. The lowest BCUT2D eigenvalue weighted by Gasteiger charge is -2.09. The molecule has 1 rings (SSSR count). The van der Waals surface area contributed by atoms with Gasteiger partial charge in [-0.1, -0.05) is 26.0 Å². The van der Waals surface area contributed by atoms with E-state index in [-0.39, 0.29) is 0 Å². The second kappa shape index (κ2) is 8.95. The summed E-state index contributed by atoms with van der Waals surface area (Å²) in [7, 11) is 1.72. The van der Waals surface area contributed by atoms with Crippen molar-refractivity contribution in [2.45, 2.75) is 32.7 Å². The lowest BCUT2D eigenvalue weighted by atomic mass is 10.1. The van der Waals surface area contributed by atoms with Crippen molar-refractivity contribution in [3.05, 3.63) is 29.8 Å². The normalized spacial score (nSPS) is 10.9. The summed E-state index contributed by atoms with van der Waals surface area (Å²) >= 11 is 0. The van der Waals surface area contributed by atoms with E-state index in [1.54, 1.807) is 7.11 Å². The van der Waals surface area contributed by atoms with Gasteiger partial charge in [-0.2, -0.15) is 0 Å². The Balaban J connectivity index is 2.18. The van der Waals surface area contributed by atoms with Crippen molar-refractivity contribution < 1.29 is 9.47 Å². The van der Waals surface area contributed by atoms with Gasteiger partial charge in [0.15, 0.2) is 0 Å². The maximum Gasteiger partial charge on any atom is 0.119 e. The molecule has 0 bridgehead atoms. The van der Waals surface area contributed by atoms with Crippen LogP contribution >= 0.6 is 0 Å². The molecule has 0 saturated heterocycles. The number of nitrogens with one attached hydrogen (secondary N) is 1. The molecule has 0 spiro atoms. The molecular weight excluding hydrogens is 226 g/mol. The number of benzene rings is 1. The third-order valence-corrected chi connectivity index (χ3v) is 2.66. The summed E-state index contributed by atoms with van der Waals surface area (Å²) in [5, 5.41) is 3.37. The van der Waals surface area contributed by atoms with E-state index in [4.69, 9.17) is 9.47 Å². The minimum atomic E-state index is 0.546. The van der Waals surface area contributed by atoms with Gasteiger partial charge in [-0.25, -0.2) is 0 Å². The molecule has 0 atom stereocenters. The number of hydrogen-bond donors (Lipinski definition) is 1. The quantitative estimate of drug-likeness (QED) is 0.684. The van der Waals surface area contributed by atoms with Crippen LogP contribution in [0.2, 0.25) is 0 Å². The van der Waals surface area contributed by atoms with Gasteiger partial charge in [0.1, 0.15) is 5.75 Å². The molecule has 3 heteroatoms. The van der Waals surface area contributed by atoms with E-state index in [1.165, 1.54) is 5.56 Å². The van der Waals surface area contributed by atoms with Crippen LogP contribution < -0.4 is 10.1 Å². The third-order valence-electron chi connectivity index (χ3n) is 2.66. The van der Waals surface area contributed by atoms with Gasteiger partial charge in [0.05, 0.1) is 13.2 Å². The zero-order chi connectivity index (χ0) is 13.2. The average Bonchev–Trinajstić information content (AvgIpc) is 2.37. The Morgan fingerprint density at radius 1 is 1.11 bits per heavy atom. The lowest BCUT2D eigenvalue weighted by molar-refractivity contribution is 0.202. The van der Waals surface area contributed by atoms with Crippen LogP contribution in [0, 0.1) is 0 Å². The van der Waals surface area contributed by atoms with Crippen LogP contribution in [0.25, 0.3) is 0 Å². The molecule has 1 N–H and O–H groups in total. The van der Waals surface area contributed by atoms with Gasteiger partial charge < -0.3 is 14.8 Å². The molecule has 0 radical (unpaired) electrons. The highest BCUT2D eigenvalue weighted by Gasteiger charge is 1.96. The molecular formula is C15H25NO2. The van der Waals surface area contributed by atoms with Crippen molar-refractivity contribution in [1.82, 2.24) is 5.32 Å². The fourth-order valence-corrected chi connectivity index (χ4v) is 1.63. The third kappa shape index (κ3) is 6.62. The van der Waals surface area contributed by atoms with Crippen LogP contribution in [0.15, 0.2) is 24.3 Å². The van der Waals surface area contributed by atoms with Gasteiger partial charge in [0, 0.05) is 13.2 Å². The Labute approximate surface area is 110 Å². The fourth-order valence-electron chi connectivity index (χ4n) is 1.63. The second-order valence-corrected chi connectivity index (χ2v) is 4.70. The van der Waals surface area contributed by atoms with E-state index < -0.39 is 0 Å². The Hall–Kier alpha value is -1.06. The molecule has 0 saturated carbocycles. The smallest absolute Gasteiger partial charge is 0.119 e. The summed E-state index contributed by atoms with van der Waals surface area (Å²) < 4.78 is 10.7. The minimum Gasteiger partial charge on any atom is -0.494 e. The van der Waals surface area contributed by atoms with Gasteiger partial charge in [-0.15, -0.1) is 0 Å². The number of rotatable bonds is 9. The standard InChI is InChI=1S/C15H25NO2/c1-13(2)16-10-4-11-18-15-7-5-14(6-8-15)9-12-17-3/h5-8,13,16H,4,9-12H2,1-3H3. The minimum absolute atomic E-state index is 0.546. The zero-order valence-electron chi connectivity index (χ0n) is 11.7. The highest BCUT2D eigenvalue weighted by molar-refractivity contribution is 5.27. The summed E-state index contributed by atoms with van der Waals surface area (Å²) in [5.74, 6) is 0.945. The molecule has 0 fully saturated rings. The van der Waals surface area contributed by atoms with E-state index >= 15 is 0 Å². The maximum atomic E-state index is 5.68. The summed E-state index contributed by atoms with van der Waals surface area (Å²) in [6.07, 6.45) is 1.98. The summed E-state index contributed by atoms with van der Waals surface area (Å²) in [6, 6.07) is 8.80. The largest absolute Gasteiger partial charge is 0.494 e. The van der Waals surface area contributed by atoms with Gasteiger partial charge in [0.2, 0.25) is 0 Å². The average molecular weight is 251 g/mol. The molecule has 0 heterocycles. The Bertz CT molecular complexity index is 309. The zero-order valence-corrected chi connectivity index (χ0v) is 11.7. The summed E-state index contributed by atoms with van der Waals surface area (Å²) in [6.45, 7) is 6.83. The van der Waals surface area contributed by atoms with E-state index in [2.05, 4.69) is 31.3 Å². The molecule has 18 heavy (non-hydrogen) atoms. The molecule has 0 aromatic heterocycles.